The van der Waals surface area contributed by atoms with Crippen LogP contribution in [0.25, 0.3) is 0 Å². The summed E-state index contributed by atoms with van der Waals surface area (Å²) in [5.41, 5.74) is 0.0549. The van der Waals surface area contributed by atoms with Crippen molar-refractivity contribution in [2.24, 2.45) is 5.92 Å². The summed E-state index contributed by atoms with van der Waals surface area (Å²) < 4.78 is 1.83. The van der Waals surface area contributed by atoms with Crippen LogP contribution in [-0.4, -0.2) is 14.9 Å². The minimum Gasteiger partial charge on any atom is -0.383 e. The van der Waals surface area contributed by atoms with Crippen molar-refractivity contribution in [3.63, 3.8) is 0 Å². The van der Waals surface area contributed by atoms with Crippen LogP contribution in [0.5, 0.6) is 0 Å². The van der Waals surface area contributed by atoms with Gasteiger partial charge in [-0.25, -0.2) is 0 Å². The SMILES string of the molecule is CCC1CCCC1(O)c1c(Cl)cnn1CC. The zero-order valence-corrected chi connectivity index (χ0v) is 10.7. The fourth-order valence-electron chi connectivity index (χ4n) is 2.95. The van der Waals surface area contributed by atoms with Crippen LogP contribution in [0.1, 0.15) is 45.2 Å². The van der Waals surface area contributed by atoms with Crippen LogP contribution < -0.4 is 0 Å². The molecule has 1 N–H and O–H groups in total. The molecule has 3 nitrogen and oxygen atoms in total. The third-order valence-electron chi connectivity index (χ3n) is 3.78. The molecule has 2 unspecified atom stereocenters. The summed E-state index contributed by atoms with van der Waals surface area (Å²) in [6.45, 7) is 4.90. The molecule has 0 bridgehead atoms. The molecule has 4 heteroatoms. The molecule has 0 aromatic carbocycles. The van der Waals surface area contributed by atoms with Crippen LogP contribution in [-0.2, 0) is 12.1 Å². The highest BCUT2D eigenvalue weighted by Crippen LogP contribution is 2.47. The van der Waals surface area contributed by atoms with Gasteiger partial charge in [0, 0.05) is 6.54 Å². The Morgan fingerprint density at radius 1 is 1.62 bits per heavy atom. The molecule has 1 aromatic rings. The molecule has 0 saturated heterocycles. The summed E-state index contributed by atoms with van der Waals surface area (Å²) in [5.74, 6) is 0.312. The maximum Gasteiger partial charge on any atom is 0.110 e. The highest BCUT2D eigenvalue weighted by molar-refractivity contribution is 6.31. The molecule has 1 aromatic heterocycles. The Hall–Kier alpha value is -0.540. The minimum atomic E-state index is -0.766. The van der Waals surface area contributed by atoms with Crippen molar-refractivity contribution in [2.75, 3.05) is 0 Å². The highest BCUT2D eigenvalue weighted by Gasteiger charge is 2.45. The molecule has 1 aliphatic rings. The Kier molecular flexibility index (Phi) is 3.27. The summed E-state index contributed by atoms with van der Waals surface area (Å²) in [6, 6.07) is 0. The second-order valence-electron chi connectivity index (χ2n) is 4.58. The van der Waals surface area contributed by atoms with E-state index < -0.39 is 5.60 Å². The summed E-state index contributed by atoms with van der Waals surface area (Å²) in [4.78, 5) is 0. The van der Waals surface area contributed by atoms with E-state index in [1.165, 1.54) is 0 Å². The topological polar surface area (TPSA) is 38.1 Å². The molecule has 0 amide bonds. The molecule has 0 radical (unpaired) electrons. The average Bonchev–Trinajstić information content (AvgIpc) is 2.82. The summed E-state index contributed by atoms with van der Waals surface area (Å²) in [7, 11) is 0. The van der Waals surface area contributed by atoms with Gasteiger partial charge in [0.2, 0.25) is 0 Å². The van der Waals surface area contributed by atoms with Crippen molar-refractivity contribution in [3.05, 3.63) is 16.9 Å². The Balaban J connectivity index is 2.45. The van der Waals surface area contributed by atoms with Gasteiger partial charge in [0.05, 0.1) is 16.9 Å². The van der Waals surface area contributed by atoms with Crippen LogP contribution >= 0.6 is 11.6 Å². The fraction of sp³-hybridized carbons (Fsp3) is 0.750. The van der Waals surface area contributed by atoms with Crippen LogP contribution in [0.15, 0.2) is 6.20 Å². The van der Waals surface area contributed by atoms with Gasteiger partial charge in [-0.3, -0.25) is 4.68 Å². The lowest BCUT2D eigenvalue weighted by atomic mass is 9.85. The third-order valence-corrected chi connectivity index (χ3v) is 4.06. The largest absolute Gasteiger partial charge is 0.383 e. The lowest BCUT2D eigenvalue weighted by Crippen LogP contribution is -2.33. The fourth-order valence-corrected chi connectivity index (χ4v) is 3.25. The number of aliphatic hydroxyl groups is 1. The number of halogens is 1. The molecule has 2 atom stereocenters. The maximum absolute atomic E-state index is 10.9. The second kappa shape index (κ2) is 4.38. The molecule has 1 saturated carbocycles. The second-order valence-corrected chi connectivity index (χ2v) is 4.99. The van der Waals surface area contributed by atoms with Crippen LogP contribution in [0.3, 0.4) is 0 Å². The maximum atomic E-state index is 10.9. The minimum absolute atomic E-state index is 0.312. The first-order valence-corrected chi connectivity index (χ1v) is 6.45. The smallest absolute Gasteiger partial charge is 0.110 e. The summed E-state index contributed by atoms with van der Waals surface area (Å²) in [5, 5.41) is 15.7. The Labute approximate surface area is 101 Å². The van der Waals surface area contributed by atoms with E-state index in [4.69, 9.17) is 11.6 Å². The van der Waals surface area contributed by atoms with E-state index in [9.17, 15) is 5.11 Å². The van der Waals surface area contributed by atoms with E-state index in [0.29, 0.717) is 10.9 Å². The molecule has 1 aliphatic carbocycles. The van der Waals surface area contributed by atoms with Crippen LogP contribution in [0.2, 0.25) is 5.02 Å². The number of hydrogen-bond acceptors (Lipinski definition) is 2. The summed E-state index contributed by atoms with van der Waals surface area (Å²) in [6.07, 6.45) is 5.58. The first kappa shape index (κ1) is 11.9. The average molecular weight is 243 g/mol. The highest BCUT2D eigenvalue weighted by atomic mass is 35.5. The van der Waals surface area contributed by atoms with Crippen molar-refractivity contribution < 1.29 is 5.11 Å². The standard InChI is InChI=1S/C12H19ClN2O/c1-3-9-6-5-7-12(9,16)11-10(13)8-14-15(11)4-2/h8-9,16H,3-7H2,1-2H3. The predicted octanol–water partition coefficient (Wildman–Crippen LogP) is 2.95. The molecular formula is C12H19ClN2O. The molecular weight excluding hydrogens is 224 g/mol. The Morgan fingerprint density at radius 3 is 3.00 bits per heavy atom. The Bertz CT molecular complexity index is 377. The zero-order chi connectivity index (χ0) is 11.8. The van der Waals surface area contributed by atoms with Gasteiger partial charge < -0.3 is 5.11 Å². The van der Waals surface area contributed by atoms with E-state index in [0.717, 1.165) is 37.9 Å². The lowest BCUT2D eigenvalue weighted by Gasteiger charge is -2.30. The number of nitrogens with zero attached hydrogens (tertiary/aromatic N) is 2. The van der Waals surface area contributed by atoms with Gasteiger partial charge >= 0.3 is 0 Å². The third kappa shape index (κ3) is 1.66. The van der Waals surface area contributed by atoms with Crippen molar-refractivity contribution in [2.45, 2.75) is 51.7 Å². The van der Waals surface area contributed by atoms with Gasteiger partial charge in [0.25, 0.3) is 0 Å². The molecule has 0 aliphatic heterocycles. The molecule has 1 fully saturated rings. The molecule has 2 rings (SSSR count). The molecule has 1 heterocycles. The van der Waals surface area contributed by atoms with Gasteiger partial charge in [-0.2, -0.15) is 5.10 Å². The molecule has 0 spiro atoms. The predicted molar refractivity (Wildman–Crippen MR) is 64.4 cm³/mol. The molecule has 16 heavy (non-hydrogen) atoms. The van der Waals surface area contributed by atoms with E-state index in [1.807, 2.05) is 11.6 Å². The van der Waals surface area contributed by atoms with Gasteiger partial charge in [0.1, 0.15) is 5.60 Å². The molecule has 90 valence electrons. The van der Waals surface area contributed by atoms with E-state index >= 15 is 0 Å². The quantitative estimate of drug-likeness (QED) is 0.885. The first-order valence-electron chi connectivity index (χ1n) is 6.07. The van der Waals surface area contributed by atoms with Crippen molar-refractivity contribution in [3.8, 4) is 0 Å². The van der Waals surface area contributed by atoms with Crippen molar-refractivity contribution in [1.82, 2.24) is 9.78 Å². The number of rotatable bonds is 3. The van der Waals surface area contributed by atoms with Crippen LogP contribution in [0.4, 0.5) is 0 Å². The van der Waals surface area contributed by atoms with E-state index in [2.05, 4.69) is 12.0 Å². The number of aryl methyl sites for hydroxylation is 1. The lowest BCUT2D eigenvalue weighted by molar-refractivity contribution is -0.0119. The number of aromatic nitrogens is 2. The monoisotopic (exact) mass is 242 g/mol. The number of hydrogen-bond donors (Lipinski definition) is 1. The van der Waals surface area contributed by atoms with Gasteiger partial charge in [-0.15, -0.1) is 0 Å². The van der Waals surface area contributed by atoms with E-state index in [1.54, 1.807) is 6.20 Å². The van der Waals surface area contributed by atoms with Crippen molar-refractivity contribution in [1.29, 1.82) is 0 Å². The van der Waals surface area contributed by atoms with Crippen molar-refractivity contribution >= 4 is 11.6 Å². The van der Waals surface area contributed by atoms with Gasteiger partial charge in [0.15, 0.2) is 0 Å². The van der Waals surface area contributed by atoms with E-state index in [-0.39, 0.29) is 0 Å². The van der Waals surface area contributed by atoms with Crippen LogP contribution in [0, 0.1) is 5.92 Å². The normalized spacial score (nSPS) is 29.9. The zero-order valence-electron chi connectivity index (χ0n) is 9.91. The summed E-state index contributed by atoms with van der Waals surface area (Å²) >= 11 is 6.17. The van der Waals surface area contributed by atoms with Gasteiger partial charge in [-0.05, 0) is 32.1 Å². The first-order chi connectivity index (χ1) is 7.63. The van der Waals surface area contributed by atoms with Gasteiger partial charge in [-0.1, -0.05) is 24.9 Å². The Morgan fingerprint density at radius 2 is 2.38 bits per heavy atom.